The summed E-state index contributed by atoms with van der Waals surface area (Å²) in [4.78, 5) is 6.86. The van der Waals surface area contributed by atoms with Crippen LogP contribution in [0.15, 0.2) is 35.3 Å². The van der Waals surface area contributed by atoms with Gasteiger partial charge in [0.1, 0.15) is 0 Å². The Morgan fingerprint density at radius 1 is 1.28 bits per heavy atom. The minimum absolute atomic E-state index is 0.516. The first kappa shape index (κ1) is 11.5. The Morgan fingerprint density at radius 3 is 2.94 bits per heavy atom. The minimum atomic E-state index is 0.516. The smallest absolute Gasteiger partial charge is 0.198 e. The Hall–Kier alpha value is -1.55. The number of nitrogens with zero attached hydrogens (tertiary/aromatic N) is 2. The van der Waals surface area contributed by atoms with Gasteiger partial charge in [-0.3, -0.25) is 4.99 Å². The highest BCUT2D eigenvalue weighted by Crippen LogP contribution is 2.16. The quantitative estimate of drug-likeness (QED) is 0.821. The summed E-state index contributed by atoms with van der Waals surface area (Å²) in [5.74, 6) is 1.04. The van der Waals surface area contributed by atoms with Gasteiger partial charge in [0.05, 0.1) is 6.54 Å². The number of para-hydroxylation sites is 1. The Balaban J connectivity index is 1.67. The van der Waals surface area contributed by atoms with E-state index in [9.17, 15) is 0 Å². The summed E-state index contributed by atoms with van der Waals surface area (Å²) < 4.78 is 0. The molecule has 2 heterocycles. The average molecular weight is 244 g/mol. The highest BCUT2D eigenvalue weighted by Gasteiger charge is 2.22. The first-order chi connectivity index (χ1) is 8.93. The number of guanidine groups is 1. The lowest BCUT2D eigenvalue weighted by atomic mass is 10.1. The van der Waals surface area contributed by atoms with Gasteiger partial charge in [-0.1, -0.05) is 18.2 Å². The van der Waals surface area contributed by atoms with E-state index in [0.29, 0.717) is 6.04 Å². The van der Waals surface area contributed by atoms with Crippen LogP contribution in [-0.2, 0) is 0 Å². The van der Waals surface area contributed by atoms with Gasteiger partial charge < -0.3 is 15.5 Å². The van der Waals surface area contributed by atoms with Crippen LogP contribution in [0.3, 0.4) is 0 Å². The van der Waals surface area contributed by atoms with E-state index in [1.807, 2.05) is 0 Å². The van der Waals surface area contributed by atoms with Gasteiger partial charge in [-0.2, -0.15) is 0 Å². The van der Waals surface area contributed by atoms with Crippen LogP contribution in [0.4, 0.5) is 5.69 Å². The monoisotopic (exact) mass is 244 g/mol. The second-order valence-electron chi connectivity index (χ2n) is 4.88. The molecule has 1 fully saturated rings. The van der Waals surface area contributed by atoms with Gasteiger partial charge in [0.15, 0.2) is 5.96 Å². The Morgan fingerprint density at radius 2 is 2.17 bits per heavy atom. The predicted octanol–water partition coefficient (Wildman–Crippen LogP) is 1.20. The third kappa shape index (κ3) is 2.48. The highest BCUT2D eigenvalue weighted by molar-refractivity contribution is 5.97. The van der Waals surface area contributed by atoms with Crippen LogP contribution in [0.25, 0.3) is 0 Å². The number of rotatable bonds is 2. The van der Waals surface area contributed by atoms with Crippen molar-refractivity contribution in [2.45, 2.75) is 18.9 Å². The fourth-order valence-corrected chi connectivity index (χ4v) is 2.59. The van der Waals surface area contributed by atoms with E-state index in [-0.39, 0.29) is 0 Å². The zero-order valence-electron chi connectivity index (χ0n) is 10.6. The fourth-order valence-electron chi connectivity index (χ4n) is 2.59. The second-order valence-corrected chi connectivity index (χ2v) is 4.88. The fraction of sp³-hybridized carbons (Fsp3) is 0.500. The van der Waals surface area contributed by atoms with E-state index >= 15 is 0 Å². The molecule has 4 heteroatoms. The molecule has 1 atom stereocenters. The summed E-state index contributed by atoms with van der Waals surface area (Å²) in [6.45, 7) is 4.05. The molecule has 0 aliphatic carbocycles. The molecule has 1 aromatic rings. The van der Waals surface area contributed by atoms with Crippen molar-refractivity contribution in [2.24, 2.45) is 4.99 Å². The molecule has 0 aromatic heterocycles. The van der Waals surface area contributed by atoms with Gasteiger partial charge >= 0.3 is 0 Å². The van der Waals surface area contributed by atoms with Crippen molar-refractivity contribution in [3.05, 3.63) is 30.3 Å². The molecule has 1 unspecified atom stereocenters. The van der Waals surface area contributed by atoms with E-state index in [1.165, 1.54) is 18.5 Å². The molecule has 0 radical (unpaired) electrons. The number of anilines is 1. The molecule has 2 aliphatic rings. The van der Waals surface area contributed by atoms with Crippen LogP contribution in [0, 0.1) is 0 Å². The molecule has 0 bridgehead atoms. The number of hydrogen-bond donors (Lipinski definition) is 2. The lowest BCUT2D eigenvalue weighted by Crippen LogP contribution is -2.50. The second kappa shape index (κ2) is 5.40. The van der Waals surface area contributed by atoms with E-state index < -0.39 is 0 Å². The third-order valence-corrected chi connectivity index (χ3v) is 3.54. The van der Waals surface area contributed by atoms with Crippen molar-refractivity contribution < 1.29 is 0 Å². The molecule has 3 rings (SSSR count). The summed E-state index contributed by atoms with van der Waals surface area (Å²) in [6.07, 6.45) is 2.48. The first-order valence-corrected chi connectivity index (χ1v) is 6.78. The predicted molar refractivity (Wildman–Crippen MR) is 75.1 cm³/mol. The standard InChI is InChI=1S/C14H20N4/c1-2-6-13(7-3-1)18-10-9-16-14(18)17-12-5-4-8-15-11-12/h1-3,6-7,12,15H,4-5,8-11H2,(H,16,17). The maximum atomic E-state index is 4.59. The molecule has 2 N–H and O–H groups in total. The summed E-state index contributed by atoms with van der Waals surface area (Å²) >= 11 is 0. The van der Waals surface area contributed by atoms with Crippen molar-refractivity contribution in [3.8, 4) is 0 Å². The molecular formula is C14H20N4. The topological polar surface area (TPSA) is 39.7 Å². The van der Waals surface area contributed by atoms with Gasteiger partial charge in [-0.25, -0.2) is 0 Å². The van der Waals surface area contributed by atoms with E-state index in [4.69, 9.17) is 0 Å². The van der Waals surface area contributed by atoms with Crippen molar-refractivity contribution in [1.82, 2.24) is 10.6 Å². The first-order valence-electron chi connectivity index (χ1n) is 6.78. The number of nitrogens with one attached hydrogen (secondary N) is 2. The molecular weight excluding hydrogens is 224 g/mol. The molecule has 0 saturated carbocycles. The summed E-state index contributed by atoms with van der Waals surface area (Å²) in [5, 5.41) is 7.01. The summed E-state index contributed by atoms with van der Waals surface area (Å²) in [6, 6.07) is 11.0. The molecule has 1 aromatic carbocycles. The van der Waals surface area contributed by atoms with E-state index in [1.54, 1.807) is 0 Å². The Kier molecular flexibility index (Phi) is 3.46. The molecule has 1 saturated heterocycles. The van der Waals surface area contributed by atoms with Gasteiger partial charge in [0.25, 0.3) is 0 Å². The van der Waals surface area contributed by atoms with Crippen molar-refractivity contribution in [1.29, 1.82) is 0 Å². The zero-order valence-corrected chi connectivity index (χ0v) is 10.6. The van der Waals surface area contributed by atoms with Crippen LogP contribution >= 0.6 is 0 Å². The average Bonchev–Trinajstić information content (AvgIpc) is 2.89. The largest absolute Gasteiger partial charge is 0.352 e. The third-order valence-electron chi connectivity index (χ3n) is 3.54. The van der Waals surface area contributed by atoms with Crippen molar-refractivity contribution >= 4 is 11.6 Å². The number of hydrogen-bond acceptors (Lipinski definition) is 4. The summed E-state index contributed by atoms with van der Waals surface area (Å²) in [5.41, 5.74) is 1.23. The zero-order chi connectivity index (χ0) is 12.2. The van der Waals surface area contributed by atoms with Crippen LogP contribution in [0.1, 0.15) is 12.8 Å². The maximum Gasteiger partial charge on any atom is 0.198 e. The number of piperidine rings is 1. The lowest BCUT2D eigenvalue weighted by Gasteiger charge is -2.28. The molecule has 0 amide bonds. The molecule has 0 spiro atoms. The summed E-state index contributed by atoms with van der Waals surface area (Å²) in [7, 11) is 0. The van der Waals surface area contributed by atoms with Crippen LogP contribution in [0.5, 0.6) is 0 Å². The van der Waals surface area contributed by atoms with Crippen LogP contribution in [-0.4, -0.2) is 38.2 Å². The molecule has 4 nitrogen and oxygen atoms in total. The van der Waals surface area contributed by atoms with Gasteiger partial charge in [0, 0.05) is 24.8 Å². The number of aliphatic imine (C=N–C) groups is 1. The van der Waals surface area contributed by atoms with E-state index in [2.05, 4.69) is 50.9 Å². The Bertz CT molecular complexity index is 409. The number of benzene rings is 1. The molecule has 2 aliphatic heterocycles. The van der Waals surface area contributed by atoms with E-state index in [0.717, 1.165) is 32.1 Å². The van der Waals surface area contributed by atoms with Crippen LogP contribution in [0.2, 0.25) is 0 Å². The normalized spacial score (nSPS) is 23.9. The van der Waals surface area contributed by atoms with Gasteiger partial charge in [-0.05, 0) is 31.5 Å². The van der Waals surface area contributed by atoms with Crippen molar-refractivity contribution in [2.75, 3.05) is 31.1 Å². The SMILES string of the molecule is c1ccc(N2CCN=C2NC2CCCNC2)cc1. The Labute approximate surface area is 108 Å². The highest BCUT2D eigenvalue weighted by atomic mass is 15.3. The van der Waals surface area contributed by atoms with Gasteiger partial charge in [-0.15, -0.1) is 0 Å². The molecule has 96 valence electrons. The lowest BCUT2D eigenvalue weighted by molar-refractivity contribution is 0.430. The maximum absolute atomic E-state index is 4.59. The molecule has 18 heavy (non-hydrogen) atoms. The minimum Gasteiger partial charge on any atom is -0.352 e. The van der Waals surface area contributed by atoms with Gasteiger partial charge in [0.2, 0.25) is 0 Å². The van der Waals surface area contributed by atoms with Crippen LogP contribution < -0.4 is 15.5 Å². The van der Waals surface area contributed by atoms with Crippen molar-refractivity contribution in [3.63, 3.8) is 0 Å².